The van der Waals surface area contributed by atoms with Crippen LogP contribution in [-0.2, 0) is 6.54 Å². The summed E-state index contributed by atoms with van der Waals surface area (Å²) in [6, 6.07) is 4.19. The van der Waals surface area contributed by atoms with E-state index < -0.39 is 0 Å². The lowest BCUT2D eigenvalue weighted by molar-refractivity contribution is 0.102. The van der Waals surface area contributed by atoms with Crippen molar-refractivity contribution in [1.29, 1.82) is 0 Å². The zero-order valence-electron chi connectivity index (χ0n) is 12.8. The van der Waals surface area contributed by atoms with E-state index >= 15 is 0 Å². The number of anilines is 1. The van der Waals surface area contributed by atoms with Gasteiger partial charge in [0.05, 0.1) is 6.10 Å². The second kappa shape index (κ2) is 7.04. The van der Waals surface area contributed by atoms with Gasteiger partial charge in [-0.05, 0) is 36.4 Å². The van der Waals surface area contributed by atoms with Crippen molar-refractivity contribution >= 4 is 5.82 Å². The summed E-state index contributed by atoms with van der Waals surface area (Å²) in [5, 5.41) is 13.4. The van der Waals surface area contributed by atoms with E-state index in [4.69, 9.17) is 0 Å². The van der Waals surface area contributed by atoms with Gasteiger partial charge >= 0.3 is 0 Å². The third-order valence-electron chi connectivity index (χ3n) is 3.93. The van der Waals surface area contributed by atoms with Crippen LogP contribution in [0.1, 0.15) is 32.8 Å². The summed E-state index contributed by atoms with van der Waals surface area (Å²) >= 11 is 0. The molecular formula is C16H27N3O. The van der Waals surface area contributed by atoms with Gasteiger partial charge in [-0.15, -0.1) is 0 Å². The lowest BCUT2D eigenvalue weighted by Crippen LogP contribution is -2.43. The Labute approximate surface area is 122 Å². The topological polar surface area (TPSA) is 48.4 Å². The van der Waals surface area contributed by atoms with Crippen LogP contribution in [0.15, 0.2) is 18.3 Å². The molecule has 0 amide bonds. The number of aliphatic hydroxyl groups is 1. The molecule has 1 fully saturated rings. The van der Waals surface area contributed by atoms with Crippen LogP contribution in [-0.4, -0.2) is 35.8 Å². The average Bonchev–Trinajstić information content (AvgIpc) is 2.42. The molecule has 0 bridgehead atoms. The quantitative estimate of drug-likeness (QED) is 0.864. The third-order valence-corrected chi connectivity index (χ3v) is 3.93. The molecule has 0 aliphatic carbocycles. The van der Waals surface area contributed by atoms with E-state index in [1.165, 1.54) is 5.56 Å². The molecule has 2 unspecified atom stereocenters. The van der Waals surface area contributed by atoms with E-state index in [9.17, 15) is 5.11 Å². The Kier molecular flexibility index (Phi) is 5.38. The highest BCUT2D eigenvalue weighted by Gasteiger charge is 2.24. The van der Waals surface area contributed by atoms with Crippen LogP contribution in [0.25, 0.3) is 0 Å². The predicted octanol–water partition coefficient (Wildman–Crippen LogP) is 2.03. The van der Waals surface area contributed by atoms with E-state index in [1.807, 2.05) is 6.20 Å². The van der Waals surface area contributed by atoms with Crippen LogP contribution in [0.5, 0.6) is 0 Å². The monoisotopic (exact) mass is 277 g/mol. The molecule has 1 aliphatic rings. The molecule has 1 aliphatic heterocycles. The Hall–Kier alpha value is -1.13. The highest BCUT2D eigenvalue weighted by molar-refractivity contribution is 5.40. The van der Waals surface area contributed by atoms with Gasteiger partial charge in [0.15, 0.2) is 0 Å². The molecule has 112 valence electrons. The van der Waals surface area contributed by atoms with Gasteiger partial charge in [-0.1, -0.05) is 26.8 Å². The fraction of sp³-hybridized carbons (Fsp3) is 0.688. The smallest absolute Gasteiger partial charge is 0.128 e. The Morgan fingerprint density at radius 2 is 2.25 bits per heavy atom. The summed E-state index contributed by atoms with van der Waals surface area (Å²) in [4.78, 5) is 6.71. The van der Waals surface area contributed by atoms with E-state index in [2.05, 4.69) is 48.1 Å². The molecule has 2 N–H and O–H groups in total. The van der Waals surface area contributed by atoms with Crippen LogP contribution >= 0.6 is 0 Å². The van der Waals surface area contributed by atoms with Crippen LogP contribution < -0.4 is 10.2 Å². The predicted molar refractivity (Wildman–Crippen MR) is 82.8 cm³/mol. The lowest BCUT2D eigenvalue weighted by atomic mass is 9.96. The maximum atomic E-state index is 9.95. The van der Waals surface area contributed by atoms with Crippen molar-refractivity contribution in [2.45, 2.75) is 39.8 Å². The molecule has 2 atom stereocenters. The van der Waals surface area contributed by atoms with E-state index in [-0.39, 0.29) is 6.10 Å². The first kappa shape index (κ1) is 15.3. The number of aromatic nitrogens is 1. The second-order valence-corrected chi connectivity index (χ2v) is 6.33. The maximum Gasteiger partial charge on any atom is 0.128 e. The van der Waals surface area contributed by atoms with E-state index in [0.29, 0.717) is 18.4 Å². The van der Waals surface area contributed by atoms with Gasteiger partial charge in [-0.25, -0.2) is 4.98 Å². The summed E-state index contributed by atoms with van der Waals surface area (Å²) in [5.41, 5.74) is 1.21. The number of hydrogen-bond donors (Lipinski definition) is 2. The van der Waals surface area contributed by atoms with Gasteiger partial charge in [0.2, 0.25) is 0 Å². The van der Waals surface area contributed by atoms with Crippen molar-refractivity contribution in [3.63, 3.8) is 0 Å². The molecular weight excluding hydrogens is 250 g/mol. The molecule has 20 heavy (non-hydrogen) atoms. The Balaban J connectivity index is 1.88. The molecule has 2 rings (SSSR count). The SMILES string of the molecule is CC(C)CNCc1ccc(N2CCC(C)C(O)C2)nc1. The third kappa shape index (κ3) is 4.18. The van der Waals surface area contributed by atoms with Crippen molar-refractivity contribution < 1.29 is 5.11 Å². The number of rotatable bonds is 5. The minimum absolute atomic E-state index is 0.238. The van der Waals surface area contributed by atoms with Gasteiger partial charge in [-0.2, -0.15) is 0 Å². The van der Waals surface area contributed by atoms with Gasteiger partial charge < -0.3 is 15.3 Å². The van der Waals surface area contributed by atoms with Gasteiger partial charge in [0.1, 0.15) is 5.82 Å². The van der Waals surface area contributed by atoms with Crippen molar-refractivity contribution in [3.05, 3.63) is 23.9 Å². The van der Waals surface area contributed by atoms with Crippen molar-refractivity contribution in [2.75, 3.05) is 24.5 Å². The molecule has 0 saturated carbocycles. The van der Waals surface area contributed by atoms with Crippen molar-refractivity contribution in [3.8, 4) is 0 Å². The fourth-order valence-electron chi connectivity index (χ4n) is 2.47. The number of piperidine rings is 1. The fourth-order valence-corrected chi connectivity index (χ4v) is 2.47. The number of nitrogens with one attached hydrogen (secondary N) is 1. The largest absolute Gasteiger partial charge is 0.391 e. The molecule has 4 nitrogen and oxygen atoms in total. The Bertz CT molecular complexity index is 405. The van der Waals surface area contributed by atoms with E-state index in [1.54, 1.807) is 0 Å². The molecule has 4 heteroatoms. The second-order valence-electron chi connectivity index (χ2n) is 6.33. The lowest BCUT2D eigenvalue weighted by Gasteiger charge is -2.35. The number of hydrogen-bond acceptors (Lipinski definition) is 4. The molecule has 0 aromatic carbocycles. The summed E-state index contributed by atoms with van der Waals surface area (Å²) < 4.78 is 0. The number of pyridine rings is 1. The summed E-state index contributed by atoms with van der Waals surface area (Å²) in [6.45, 7) is 10.1. The maximum absolute atomic E-state index is 9.95. The standard InChI is InChI=1S/C16H27N3O/c1-12(2)8-17-9-14-4-5-16(18-10-14)19-7-6-13(3)15(20)11-19/h4-5,10,12-13,15,17,20H,6-9,11H2,1-3H3. The molecule has 1 aromatic heterocycles. The van der Waals surface area contributed by atoms with Crippen LogP contribution in [0.2, 0.25) is 0 Å². The van der Waals surface area contributed by atoms with Crippen LogP contribution in [0.4, 0.5) is 5.82 Å². The van der Waals surface area contributed by atoms with Crippen molar-refractivity contribution in [2.24, 2.45) is 11.8 Å². The Morgan fingerprint density at radius 1 is 1.45 bits per heavy atom. The molecule has 0 radical (unpaired) electrons. The highest BCUT2D eigenvalue weighted by Crippen LogP contribution is 2.21. The molecule has 1 aromatic rings. The average molecular weight is 277 g/mol. The Morgan fingerprint density at radius 3 is 2.85 bits per heavy atom. The first-order valence-corrected chi connectivity index (χ1v) is 7.65. The summed E-state index contributed by atoms with van der Waals surface area (Å²) in [7, 11) is 0. The molecule has 0 spiro atoms. The van der Waals surface area contributed by atoms with E-state index in [0.717, 1.165) is 31.9 Å². The van der Waals surface area contributed by atoms with Crippen molar-refractivity contribution in [1.82, 2.24) is 10.3 Å². The van der Waals surface area contributed by atoms with Crippen LogP contribution in [0, 0.1) is 11.8 Å². The molecule has 1 saturated heterocycles. The number of nitrogens with zero attached hydrogens (tertiary/aromatic N) is 2. The number of β-amino-alcohol motifs (C(OH)–C–C–N with tert-alkyl or cyclic N) is 1. The minimum Gasteiger partial charge on any atom is -0.391 e. The highest BCUT2D eigenvalue weighted by atomic mass is 16.3. The zero-order chi connectivity index (χ0) is 14.5. The van der Waals surface area contributed by atoms with Crippen LogP contribution in [0.3, 0.4) is 0 Å². The summed E-state index contributed by atoms with van der Waals surface area (Å²) in [5.74, 6) is 2.04. The minimum atomic E-state index is -0.238. The first-order valence-electron chi connectivity index (χ1n) is 7.65. The van der Waals surface area contributed by atoms with Gasteiger partial charge in [0.25, 0.3) is 0 Å². The normalized spacial score (nSPS) is 23.4. The first-order chi connectivity index (χ1) is 9.56. The van der Waals surface area contributed by atoms with Gasteiger partial charge in [0, 0.05) is 25.8 Å². The summed E-state index contributed by atoms with van der Waals surface area (Å²) in [6.07, 6.45) is 2.73. The zero-order valence-corrected chi connectivity index (χ0v) is 12.8. The molecule has 2 heterocycles. The van der Waals surface area contributed by atoms with Gasteiger partial charge in [-0.3, -0.25) is 0 Å². The number of aliphatic hydroxyl groups excluding tert-OH is 1.